The van der Waals surface area contributed by atoms with Gasteiger partial charge in [-0.15, -0.1) is 0 Å². The molecule has 0 atom stereocenters. The van der Waals surface area contributed by atoms with E-state index in [1.165, 1.54) is 12.1 Å². The minimum absolute atomic E-state index is 0.0205. The van der Waals surface area contributed by atoms with Crippen LogP contribution >= 0.6 is 23.2 Å². The van der Waals surface area contributed by atoms with Gasteiger partial charge in [0.25, 0.3) is 10.0 Å². The zero-order valence-electron chi connectivity index (χ0n) is 10.3. The number of sulfonamides is 1. The lowest BCUT2D eigenvalue weighted by Gasteiger charge is -2.10. The zero-order valence-corrected chi connectivity index (χ0v) is 12.7. The Hall–Kier alpha value is -1.30. The quantitative estimate of drug-likeness (QED) is 0.854. The summed E-state index contributed by atoms with van der Waals surface area (Å²) in [4.78, 5) is 0.0644. The van der Waals surface area contributed by atoms with Crippen molar-refractivity contribution in [3.63, 3.8) is 0 Å². The Bertz CT molecular complexity index is 746. The Morgan fingerprint density at radius 2 is 1.65 bits per heavy atom. The molecule has 3 nitrogen and oxygen atoms in total. The minimum Gasteiger partial charge on any atom is -0.278 e. The summed E-state index contributed by atoms with van der Waals surface area (Å²) >= 11 is 11.4. The van der Waals surface area contributed by atoms with Crippen LogP contribution in [0.4, 0.5) is 10.1 Å². The van der Waals surface area contributed by atoms with Crippen molar-refractivity contribution < 1.29 is 12.8 Å². The molecule has 2 rings (SSSR count). The van der Waals surface area contributed by atoms with Crippen molar-refractivity contribution in [1.29, 1.82) is 0 Å². The molecule has 0 amide bonds. The van der Waals surface area contributed by atoms with Gasteiger partial charge in [0, 0.05) is 6.07 Å². The molecule has 0 radical (unpaired) electrons. The number of anilines is 1. The third-order valence-electron chi connectivity index (χ3n) is 2.59. The van der Waals surface area contributed by atoms with E-state index in [1.54, 1.807) is 12.1 Å². The molecule has 0 aliphatic heterocycles. The predicted octanol–water partition coefficient (Wildman–Crippen LogP) is 4.24. The van der Waals surface area contributed by atoms with Crippen molar-refractivity contribution in [3.05, 3.63) is 57.8 Å². The summed E-state index contributed by atoms with van der Waals surface area (Å²) < 4.78 is 39.9. The Morgan fingerprint density at radius 3 is 2.25 bits per heavy atom. The zero-order chi connectivity index (χ0) is 14.9. The monoisotopic (exact) mass is 333 g/mol. The smallest absolute Gasteiger partial charge is 0.261 e. The molecular formula is C13H10Cl2FNO2S. The third-order valence-corrected chi connectivity index (χ3v) is 4.57. The predicted molar refractivity (Wildman–Crippen MR) is 78.4 cm³/mol. The van der Waals surface area contributed by atoms with Gasteiger partial charge in [-0.3, -0.25) is 4.72 Å². The van der Waals surface area contributed by atoms with Crippen LogP contribution in [0.5, 0.6) is 0 Å². The summed E-state index contributed by atoms with van der Waals surface area (Å²) in [5, 5.41) is -0.152. The molecule has 0 aromatic heterocycles. The standard InChI is InChI=1S/C13H10Cl2FNO2S/c1-8-2-4-9(5-3-8)20(18,19)17-13-7-12(16)10(14)6-11(13)15/h2-7,17H,1H3. The molecule has 0 fully saturated rings. The molecule has 0 spiro atoms. The van der Waals surface area contributed by atoms with Crippen LogP contribution in [0.3, 0.4) is 0 Å². The molecule has 106 valence electrons. The first-order valence-corrected chi connectivity index (χ1v) is 7.77. The van der Waals surface area contributed by atoms with Gasteiger partial charge in [-0.2, -0.15) is 0 Å². The Morgan fingerprint density at radius 1 is 1.05 bits per heavy atom. The topological polar surface area (TPSA) is 46.2 Å². The van der Waals surface area contributed by atoms with Crippen LogP contribution < -0.4 is 4.72 Å². The molecular weight excluding hydrogens is 324 g/mol. The van der Waals surface area contributed by atoms with E-state index in [2.05, 4.69) is 4.72 Å². The third kappa shape index (κ3) is 3.23. The fourth-order valence-corrected chi connectivity index (χ4v) is 3.08. The van der Waals surface area contributed by atoms with Crippen molar-refractivity contribution in [2.24, 2.45) is 0 Å². The van der Waals surface area contributed by atoms with Crippen molar-refractivity contribution >= 4 is 38.9 Å². The summed E-state index contributed by atoms with van der Waals surface area (Å²) in [7, 11) is -3.83. The van der Waals surface area contributed by atoms with Crippen LogP contribution in [0.1, 0.15) is 5.56 Å². The van der Waals surface area contributed by atoms with Gasteiger partial charge in [0.15, 0.2) is 0 Å². The maximum Gasteiger partial charge on any atom is 0.261 e. The van der Waals surface area contributed by atoms with E-state index in [9.17, 15) is 12.8 Å². The van der Waals surface area contributed by atoms with Crippen LogP contribution in [0.25, 0.3) is 0 Å². The highest BCUT2D eigenvalue weighted by atomic mass is 35.5. The van der Waals surface area contributed by atoms with E-state index in [0.29, 0.717) is 0 Å². The van der Waals surface area contributed by atoms with E-state index in [1.807, 2.05) is 6.92 Å². The fraction of sp³-hybridized carbons (Fsp3) is 0.0769. The van der Waals surface area contributed by atoms with Gasteiger partial charge in [-0.1, -0.05) is 40.9 Å². The van der Waals surface area contributed by atoms with Gasteiger partial charge in [-0.05, 0) is 25.1 Å². The molecule has 0 bridgehead atoms. The fourth-order valence-electron chi connectivity index (χ4n) is 1.52. The molecule has 0 saturated heterocycles. The number of hydrogen-bond donors (Lipinski definition) is 1. The normalized spacial score (nSPS) is 11.4. The lowest BCUT2D eigenvalue weighted by atomic mass is 10.2. The minimum atomic E-state index is -3.83. The largest absolute Gasteiger partial charge is 0.278 e. The van der Waals surface area contributed by atoms with E-state index in [4.69, 9.17) is 23.2 Å². The number of rotatable bonds is 3. The summed E-state index contributed by atoms with van der Waals surface area (Å²) in [5.74, 6) is -0.752. The van der Waals surface area contributed by atoms with Crippen LogP contribution in [-0.4, -0.2) is 8.42 Å². The van der Waals surface area contributed by atoms with Crippen molar-refractivity contribution in [2.75, 3.05) is 4.72 Å². The second kappa shape index (κ2) is 5.60. The molecule has 0 heterocycles. The molecule has 0 saturated carbocycles. The number of aryl methyl sites for hydroxylation is 1. The first kappa shape index (κ1) is 15.1. The molecule has 0 aliphatic carbocycles. The highest BCUT2D eigenvalue weighted by Crippen LogP contribution is 2.29. The summed E-state index contributed by atoms with van der Waals surface area (Å²) in [5.41, 5.74) is 0.869. The maximum atomic E-state index is 13.4. The molecule has 0 aliphatic rings. The van der Waals surface area contributed by atoms with Crippen LogP contribution in [0.2, 0.25) is 10.0 Å². The highest BCUT2D eigenvalue weighted by molar-refractivity contribution is 7.92. The first-order valence-electron chi connectivity index (χ1n) is 5.53. The Kier molecular flexibility index (Phi) is 4.22. The lowest BCUT2D eigenvalue weighted by molar-refractivity contribution is 0.601. The molecule has 20 heavy (non-hydrogen) atoms. The summed E-state index contributed by atoms with van der Waals surface area (Å²) in [6, 6.07) is 8.33. The first-order chi connectivity index (χ1) is 9.29. The average molecular weight is 334 g/mol. The van der Waals surface area contributed by atoms with Gasteiger partial charge in [0.05, 0.1) is 20.6 Å². The molecule has 7 heteroatoms. The van der Waals surface area contributed by atoms with Gasteiger partial charge in [0.2, 0.25) is 0 Å². The van der Waals surface area contributed by atoms with Crippen LogP contribution in [0, 0.1) is 12.7 Å². The van der Waals surface area contributed by atoms with Gasteiger partial charge in [0.1, 0.15) is 5.82 Å². The van der Waals surface area contributed by atoms with Crippen molar-refractivity contribution in [1.82, 2.24) is 0 Å². The second-order valence-electron chi connectivity index (χ2n) is 4.16. The highest BCUT2D eigenvalue weighted by Gasteiger charge is 2.17. The number of nitrogens with one attached hydrogen (secondary N) is 1. The second-order valence-corrected chi connectivity index (χ2v) is 6.66. The Balaban J connectivity index is 2.38. The summed E-state index contributed by atoms with van der Waals surface area (Å²) in [6.07, 6.45) is 0. The number of hydrogen-bond acceptors (Lipinski definition) is 2. The van der Waals surface area contributed by atoms with E-state index in [0.717, 1.165) is 17.7 Å². The maximum absolute atomic E-state index is 13.4. The van der Waals surface area contributed by atoms with Gasteiger partial charge >= 0.3 is 0 Å². The van der Waals surface area contributed by atoms with Crippen LogP contribution in [-0.2, 0) is 10.0 Å². The number of benzene rings is 2. The van der Waals surface area contributed by atoms with E-state index in [-0.39, 0.29) is 20.6 Å². The Labute approximate surface area is 126 Å². The molecule has 2 aromatic carbocycles. The molecule has 0 unspecified atom stereocenters. The van der Waals surface area contributed by atoms with E-state index >= 15 is 0 Å². The molecule has 2 aromatic rings. The van der Waals surface area contributed by atoms with Crippen LogP contribution in [0.15, 0.2) is 41.3 Å². The van der Waals surface area contributed by atoms with E-state index < -0.39 is 15.8 Å². The number of halogens is 3. The van der Waals surface area contributed by atoms with Gasteiger partial charge < -0.3 is 0 Å². The van der Waals surface area contributed by atoms with Gasteiger partial charge in [-0.25, -0.2) is 12.8 Å². The summed E-state index contributed by atoms with van der Waals surface area (Å²) in [6.45, 7) is 1.84. The van der Waals surface area contributed by atoms with Crippen molar-refractivity contribution in [3.8, 4) is 0 Å². The SMILES string of the molecule is Cc1ccc(S(=O)(=O)Nc2cc(F)c(Cl)cc2Cl)cc1. The van der Waals surface area contributed by atoms with Crippen molar-refractivity contribution in [2.45, 2.75) is 11.8 Å². The lowest BCUT2D eigenvalue weighted by Crippen LogP contribution is -2.13. The molecule has 1 N–H and O–H groups in total. The average Bonchev–Trinajstić information content (AvgIpc) is 2.36.